The molecule has 2 heteroatoms. The standard InChI is InChI=1S/C17H22O2/c1-3-5-17(19)14-7-4-6-13(11-14)16-9-8-15(18)10-12(16)2/h4,6-9,11-12,17-19H,3,5,10H2,1-2H3. The second-order valence-corrected chi connectivity index (χ2v) is 5.32. The van der Waals surface area contributed by atoms with Gasteiger partial charge < -0.3 is 10.2 Å². The maximum atomic E-state index is 10.1. The average molecular weight is 258 g/mol. The van der Waals surface area contributed by atoms with Gasteiger partial charge >= 0.3 is 0 Å². The number of aliphatic hydroxyl groups excluding tert-OH is 2. The van der Waals surface area contributed by atoms with Crippen LogP contribution in [0.3, 0.4) is 0 Å². The Morgan fingerprint density at radius 1 is 1.32 bits per heavy atom. The number of rotatable bonds is 4. The van der Waals surface area contributed by atoms with Gasteiger partial charge in [0.2, 0.25) is 0 Å². The van der Waals surface area contributed by atoms with Crippen LogP contribution < -0.4 is 0 Å². The zero-order valence-electron chi connectivity index (χ0n) is 11.6. The van der Waals surface area contributed by atoms with Crippen molar-refractivity contribution in [3.8, 4) is 0 Å². The molecule has 1 aromatic rings. The van der Waals surface area contributed by atoms with Gasteiger partial charge in [0.1, 0.15) is 0 Å². The normalized spacial score (nSPS) is 20.7. The van der Waals surface area contributed by atoms with Crippen molar-refractivity contribution in [3.05, 3.63) is 53.3 Å². The lowest BCUT2D eigenvalue weighted by Gasteiger charge is -2.20. The third-order valence-corrected chi connectivity index (χ3v) is 3.67. The molecule has 1 aliphatic carbocycles. The Hall–Kier alpha value is -1.54. The van der Waals surface area contributed by atoms with Crippen LogP contribution in [0, 0.1) is 5.92 Å². The third kappa shape index (κ3) is 3.27. The molecule has 19 heavy (non-hydrogen) atoms. The largest absolute Gasteiger partial charge is 0.512 e. The maximum Gasteiger partial charge on any atom is 0.0928 e. The minimum absolute atomic E-state index is 0.309. The van der Waals surface area contributed by atoms with Gasteiger partial charge in [-0.25, -0.2) is 0 Å². The van der Waals surface area contributed by atoms with Crippen molar-refractivity contribution in [2.75, 3.05) is 0 Å². The summed E-state index contributed by atoms with van der Waals surface area (Å²) in [4.78, 5) is 0. The van der Waals surface area contributed by atoms with E-state index in [1.54, 1.807) is 6.08 Å². The monoisotopic (exact) mass is 258 g/mol. The van der Waals surface area contributed by atoms with E-state index in [0.29, 0.717) is 18.1 Å². The second-order valence-electron chi connectivity index (χ2n) is 5.32. The van der Waals surface area contributed by atoms with Gasteiger partial charge in [0.15, 0.2) is 0 Å². The summed E-state index contributed by atoms with van der Waals surface area (Å²) < 4.78 is 0. The Balaban J connectivity index is 2.28. The predicted molar refractivity (Wildman–Crippen MR) is 78.8 cm³/mol. The van der Waals surface area contributed by atoms with Crippen LogP contribution in [0.5, 0.6) is 0 Å². The van der Waals surface area contributed by atoms with E-state index in [1.165, 1.54) is 5.57 Å². The molecular weight excluding hydrogens is 236 g/mol. The highest BCUT2D eigenvalue weighted by Gasteiger charge is 2.17. The second kappa shape index (κ2) is 6.07. The molecule has 0 radical (unpaired) electrons. The van der Waals surface area contributed by atoms with Crippen LogP contribution in [0.15, 0.2) is 42.2 Å². The van der Waals surface area contributed by atoms with E-state index in [-0.39, 0.29) is 6.10 Å². The first kappa shape index (κ1) is 13.9. The minimum Gasteiger partial charge on any atom is -0.512 e. The molecule has 102 valence electrons. The zero-order chi connectivity index (χ0) is 13.8. The van der Waals surface area contributed by atoms with Crippen molar-refractivity contribution >= 4 is 5.57 Å². The number of aliphatic hydroxyl groups is 2. The van der Waals surface area contributed by atoms with Gasteiger partial charge in [-0.15, -0.1) is 0 Å². The van der Waals surface area contributed by atoms with Crippen molar-refractivity contribution in [2.45, 2.75) is 39.2 Å². The van der Waals surface area contributed by atoms with Gasteiger partial charge in [-0.1, -0.05) is 44.5 Å². The Morgan fingerprint density at radius 3 is 2.79 bits per heavy atom. The summed E-state index contributed by atoms with van der Waals surface area (Å²) in [6, 6.07) is 8.11. The van der Waals surface area contributed by atoms with E-state index in [4.69, 9.17) is 0 Å². The van der Waals surface area contributed by atoms with E-state index >= 15 is 0 Å². The van der Waals surface area contributed by atoms with Crippen LogP contribution in [0.2, 0.25) is 0 Å². The van der Waals surface area contributed by atoms with Crippen LogP contribution in [0.1, 0.15) is 50.3 Å². The SMILES string of the molecule is CCCC(O)c1cccc(C2=CC=C(O)CC2C)c1. The fourth-order valence-electron chi connectivity index (χ4n) is 2.59. The molecule has 0 aliphatic heterocycles. The molecule has 0 bridgehead atoms. The lowest BCUT2D eigenvalue weighted by Crippen LogP contribution is -2.05. The lowest BCUT2D eigenvalue weighted by molar-refractivity contribution is 0.166. The Labute approximate surface area is 115 Å². The molecule has 0 aromatic heterocycles. The summed E-state index contributed by atoms with van der Waals surface area (Å²) in [5, 5.41) is 19.6. The molecule has 2 N–H and O–H groups in total. The Morgan fingerprint density at radius 2 is 2.11 bits per heavy atom. The first-order valence-electron chi connectivity index (χ1n) is 7.00. The van der Waals surface area contributed by atoms with E-state index in [9.17, 15) is 10.2 Å². The molecule has 0 saturated heterocycles. The molecule has 0 spiro atoms. The fourth-order valence-corrected chi connectivity index (χ4v) is 2.59. The first-order valence-corrected chi connectivity index (χ1v) is 7.00. The maximum absolute atomic E-state index is 10.1. The number of allylic oxidation sites excluding steroid dienone is 4. The van der Waals surface area contributed by atoms with E-state index in [0.717, 1.165) is 24.0 Å². The summed E-state index contributed by atoms with van der Waals surface area (Å²) in [6.45, 7) is 4.19. The van der Waals surface area contributed by atoms with Gasteiger partial charge in [-0.2, -0.15) is 0 Å². The topological polar surface area (TPSA) is 40.5 Å². The molecule has 2 nitrogen and oxygen atoms in total. The van der Waals surface area contributed by atoms with E-state index in [1.807, 2.05) is 18.2 Å². The fraction of sp³-hybridized carbons (Fsp3) is 0.412. The van der Waals surface area contributed by atoms with Crippen LogP contribution in [-0.4, -0.2) is 10.2 Å². The van der Waals surface area contributed by atoms with Crippen LogP contribution in [0.25, 0.3) is 5.57 Å². The molecule has 0 fully saturated rings. The van der Waals surface area contributed by atoms with Gasteiger partial charge in [-0.05, 0) is 41.2 Å². The summed E-state index contributed by atoms with van der Waals surface area (Å²) in [6.07, 6.45) is 5.82. The lowest BCUT2D eigenvalue weighted by atomic mass is 9.86. The highest BCUT2D eigenvalue weighted by Crippen LogP contribution is 2.32. The number of hydrogen-bond acceptors (Lipinski definition) is 2. The summed E-state index contributed by atoms with van der Waals surface area (Å²) in [7, 11) is 0. The Kier molecular flexibility index (Phi) is 4.43. The van der Waals surface area contributed by atoms with Crippen LogP contribution in [-0.2, 0) is 0 Å². The van der Waals surface area contributed by atoms with Crippen molar-refractivity contribution < 1.29 is 10.2 Å². The molecule has 0 amide bonds. The van der Waals surface area contributed by atoms with Crippen LogP contribution >= 0.6 is 0 Å². The minimum atomic E-state index is -0.381. The highest BCUT2D eigenvalue weighted by atomic mass is 16.3. The van der Waals surface area contributed by atoms with Gasteiger partial charge in [0.05, 0.1) is 11.9 Å². The molecule has 1 aliphatic rings. The number of benzene rings is 1. The van der Waals surface area contributed by atoms with Crippen molar-refractivity contribution in [2.24, 2.45) is 5.92 Å². The first-order chi connectivity index (χ1) is 9.11. The quantitative estimate of drug-likeness (QED) is 0.841. The molecule has 2 rings (SSSR count). The van der Waals surface area contributed by atoms with E-state index in [2.05, 4.69) is 26.0 Å². The molecule has 0 saturated carbocycles. The average Bonchev–Trinajstić information content (AvgIpc) is 2.39. The third-order valence-electron chi connectivity index (χ3n) is 3.67. The van der Waals surface area contributed by atoms with Gasteiger partial charge in [0, 0.05) is 6.42 Å². The molecule has 0 heterocycles. The summed E-state index contributed by atoms with van der Waals surface area (Å²) in [5.74, 6) is 0.752. The zero-order valence-corrected chi connectivity index (χ0v) is 11.6. The summed E-state index contributed by atoms with van der Waals surface area (Å²) >= 11 is 0. The molecule has 2 unspecified atom stereocenters. The molecule has 1 aromatic carbocycles. The van der Waals surface area contributed by atoms with Crippen molar-refractivity contribution in [1.82, 2.24) is 0 Å². The molecule has 2 atom stereocenters. The Bertz CT molecular complexity index is 500. The van der Waals surface area contributed by atoms with Crippen molar-refractivity contribution in [3.63, 3.8) is 0 Å². The molecular formula is C17H22O2. The smallest absolute Gasteiger partial charge is 0.0928 e. The van der Waals surface area contributed by atoms with Gasteiger partial charge in [-0.3, -0.25) is 0 Å². The highest BCUT2D eigenvalue weighted by molar-refractivity contribution is 5.70. The predicted octanol–water partition coefficient (Wildman–Crippen LogP) is 4.39. The van der Waals surface area contributed by atoms with E-state index < -0.39 is 0 Å². The van der Waals surface area contributed by atoms with Crippen molar-refractivity contribution in [1.29, 1.82) is 0 Å². The number of hydrogen-bond donors (Lipinski definition) is 2. The van der Waals surface area contributed by atoms with Crippen LogP contribution in [0.4, 0.5) is 0 Å². The van der Waals surface area contributed by atoms with Gasteiger partial charge in [0.25, 0.3) is 0 Å². The summed E-state index contributed by atoms with van der Waals surface area (Å²) in [5.41, 5.74) is 3.35.